The van der Waals surface area contributed by atoms with Gasteiger partial charge in [0.25, 0.3) is 0 Å². The first kappa shape index (κ1) is 22.9. The highest BCUT2D eigenvalue weighted by atomic mass is 32.2. The van der Waals surface area contributed by atoms with Crippen LogP contribution in [0.2, 0.25) is 0 Å². The summed E-state index contributed by atoms with van der Waals surface area (Å²) in [6.07, 6.45) is 0.922. The Bertz CT molecular complexity index is 980. The minimum Gasteiger partial charge on any atom is -0.354 e. The molecule has 1 heterocycles. The highest BCUT2D eigenvalue weighted by Gasteiger charge is 2.29. The number of hydrogen-bond donors (Lipinski definition) is 2. The number of thioether (sulfide) groups is 1. The quantitative estimate of drug-likeness (QED) is 0.316. The number of nitrogens with one attached hydrogen (secondary N) is 2. The summed E-state index contributed by atoms with van der Waals surface area (Å²) in [7, 11) is 4.03. The van der Waals surface area contributed by atoms with Crippen LogP contribution in [-0.2, 0) is 0 Å². The first-order chi connectivity index (χ1) is 14.8. The zero-order valence-corrected chi connectivity index (χ0v) is 18.1. The van der Waals surface area contributed by atoms with Crippen molar-refractivity contribution in [2.75, 3.05) is 37.8 Å². The van der Waals surface area contributed by atoms with E-state index in [-0.39, 0.29) is 16.7 Å². The molecule has 164 valence electrons. The third-order valence-corrected chi connectivity index (χ3v) is 4.92. The molecule has 0 bridgehead atoms. The molecule has 3 rings (SSSR count). The number of alkyl halides is 3. The average Bonchev–Trinajstić information content (AvgIpc) is 2.71. The summed E-state index contributed by atoms with van der Waals surface area (Å²) >= 11 is -0.145. The van der Waals surface area contributed by atoms with E-state index in [0.717, 1.165) is 18.5 Å². The van der Waals surface area contributed by atoms with E-state index in [4.69, 9.17) is 0 Å². The molecule has 0 fully saturated rings. The van der Waals surface area contributed by atoms with Crippen LogP contribution in [0.1, 0.15) is 6.42 Å². The van der Waals surface area contributed by atoms with Gasteiger partial charge in [-0.3, -0.25) is 0 Å². The van der Waals surface area contributed by atoms with E-state index in [1.807, 2.05) is 44.4 Å². The van der Waals surface area contributed by atoms with E-state index in [9.17, 15) is 13.2 Å². The smallest absolute Gasteiger partial charge is 0.354 e. The molecular formula is C22H24F3N5S. The molecule has 0 radical (unpaired) electrons. The Hall–Kier alpha value is -2.78. The fourth-order valence-electron chi connectivity index (χ4n) is 2.86. The number of anilines is 3. The van der Waals surface area contributed by atoms with Gasteiger partial charge in [0.2, 0.25) is 5.95 Å². The van der Waals surface area contributed by atoms with Gasteiger partial charge in [-0.1, -0.05) is 36.4 Å². The third-order valence-electron chi connectivity index (χ3n) is 4.20. The minimum atomic E-state index is -4.34. The van der Waals surface area contributed by atoms with Crippen LogP contribution in [0.5, 0.6) is 0 Å². The molecule has 31 heavy (non-hydrogen) atoms. The third kappa shape index (κ3) is 7.76. The Morgan fingerprint density at radius 3 is 2.45 bits per heavy atom. The van der Waals surface area contributed by atoms with Crippen molar-refractivity contribution in [1.82, 2.24) is 14.9 Å². The van der Waals surface area contributed by atoms with Crippen LogP contribution in [0.15, 0.2) is 65.6 Å². The maximum absolute atomic E-state index is 12.7. The van der Waals surface area contributed by atoms with Gasteiger partial charge in [0.1, 0.15) is 5.82 Å². The number of benzene rings is 2. The molecule has 0 amide bonds. The van der Waals surface area contributed by atoms with Crippen molar-refractivity contribution in [1.29, 1.82) is 0 Å². The molecule has 9 heteroatoms. The van der Waals surface area contributed by atoms with E-state index in [0.29, 0.717) is 29.7 Å². The number of halogens is 3. The molecule has 2 N–H and O–H groups in total. The van der Waals surface area contributed by atoms with Crippen molar-refractivity contribution >= 4 is 29.2 Å². The fraction of sp³-hybridized carbons (Fsp3) is 0.273. The van der Waals surface area contributed by atoms with Gasteiger partial charge in [0, 0.05) is 28.8 Å². The van der Waals surface area contributed by atoms with Gasteiger partial charge in [-0.25, -0.2) is 4.98 Å². The molecule has 1 aromatic heterocycles. The molecule has 0 atom stereocenters. The van der Waals surface area contributed by atoms with Crippen molar-refractivity contribution in [3.8, 4) is 11.3 Å². The lowest BCUT2D eigenvalue weighted by molar-refractivity contribution is -0.0328. The largest absolute Gasteiger partial charge is 0.446 e. The Morgan fingerprint density at radius 2 is 1.74 bits per heavy atom. The van der Waals surface area contributed by atoms with Crippen molar-refractivity contribution in [3.05, 3.63) is 60.7 Å². The van der Waals surface area contributed by atoms with Crippen LogP contribution in [0, 0.1) is 0 Å². The molecule has 0 saturated carbocycles. The van der Waals surface area contributed by atoms with E-state index < -0.39 is 5.51 Å². The zero-order chi connectivity index (χ0) is 22.3. The summed E-state index contributed by atoms with van der Waals surface area (Å²) in [5.74, 6) is 0.960. The Kier molecular flexibility index (Phi) is 7.75. The van der Waals surface area contributed by atoms with Crippen molar-refractivity contribution in [2.45, 2.75) is 16.8 Å². The Morgan fingerprint density at radius 1 is 0.968 bits per heavy atom. The second-order valence-electron chi connectivity index (χ2n) is 7.11. The number of rotatable bonds is 9. The summed E-state index contributed by atoms with van der Waals surface area (Å²) in [4.78, 5) is 11.3. The molecule has 0 saturated heterocycles. The monoisotopic (exact) mass is 447 g/mol. The van der Waals surface area contributed by atoms with Crippen LogP contribution in [0.4, 0.5) is 30.6 Å². The van der Waals surface area contributed by atoms with Gasteiger partial charge in [-0.05, 0) is 57.0 Å². The molecule has 0 aliphatic carbocycles. The SMILES string of the molecule is CN(C)CCCNc1nc(Nc2cccc(SC(F)(F)F)c2)cc(-c2ccccc2)n1. The van der Waals surface area contributed by atoms with Gasteiger partial charge in [0.05, 0.1) is 5.69 Å². The lowest BCUT2D eigenvalue weighted by Crippen LogP contribution is -2.17. The molecule has 0 aliphatic heterocycles. The molecule has 2 aromatic carbocycles. The Balaban J connectivity index is 1.83. The van der Waals surface area contributed by atoms with E-state index >= 15 is 0 Å². The topological polar surface area (TPSA) is 53.1 Å². The summed E-state index contributed by atoms with van der Waals surface area (Å²) in [5, 5.41) is 6.35. The highest BCUT2D eigenvalue weighted by Crippen LogP contribution is 2.37. The number of nitrogens with zero attached hydrogens (tertiary/aromatic N) is 3. The lowest BCUT2D eigenvalue weighted by Gasteiger charge is -2.13. The van der Waals surface area contributed by atoms with Gasteiger partial charge >= 0.3 is 5.51 Å². The van der Waals surface area contributed by atoms with Gasteiger partial charge in [-0.2, -0.15) is 18.2 Å². The molecule has 0 spiro atoms. The molecule has 3 aromatic rings. The number of hydrogen-bond acceptors (Lipinski definition) is 6. The maximum Gasteiger partial charge on any atom is 0.446 e. The molecule has 5 nitrogen and oxygen atoms in total. The molecular weight excluding hydrogens is 423 g/mol. The zero-order valence-electron chi connectivity index (χ0n) is 17.3. The van der Waals surface area contributed by atoms with Crippen LogP contribution in [-0.4, -0.2) is 47.6 Å². The summed E-state index contributed by atoms with van der Waals surface area (Å²) in [5.41, 5.74) is -2.18. The van der Waals surface area contributed by atoms with Crippen molar-refractivity contribution < 1.29 is 13.2 Å². The first-order valence-corrected chi connectivity index (χ1v) is 10.6. The van der Waals surface area contributed by atoms with Gasteiger partial charge in [0.15, 0.2) is 0 Å². The Labute approximate surface area is 184 Å². The van der Waals surface area contributed by atoms with Gasteiger partial charge in [-0.15, -0.1) is 0 Å². The van der Waals surface area contributed by atoms with Crippen LogP contribution in [0.25, 0.3) is 11.3 Å². The minimum absolute atomic E-state index is 0.108. The van der Waals surface area contributed by atoms with Crippen molar-refractivity contribution in [2.24, 2.45) is 0 Å². The second kappa shape index (κ2) is 10.5. The van der Waals surface area contributed by atoms with Crippen LogP contribution in [0.3, 0.4) is 0 Å². The number of aromatic nitrogens is 2. The second-order valence-corrected chi connectivity index (χ2v) is 8.25. The van der Waals surface area contributed by atoms with Crippen LogP contribution >= 0.6 is 11.8 Å². The summed E-state index contributed by atoms with van der Waals surface area (Å²) in [6, 6.07) is 17.6. The van der Waals surface area contributed by atoms with Crippen LogP contribution < -0.4 is 10.6 Å². The lowest BCUT2D eigenvalue weighted by atomic mass is 10.1. The molecule has 0 aliphatic rings. The molecule has 0 unspecified atom stereocenters. The fourth-order valence-corrected chi connectivity index (χ4v) is 3.46. The predicted molar refractivity (Wildman–Crippen MR) is 121 cm³/mol. The summed E-state index contributed by atoms with van der Waals surface area (Å²) < 4.78 is 38.1. The first-order valence-electron chi connectivity index (χ1n) is 9.74. The maximum atomic E-state index is 12.7. The van der Waals surface area contributed by atoms with E-state index in [2.05, 4.69) is 25.5 Å². The predicted octanol–water partition coefficient (Wildman–Crippen LogP) is 5.86. The summed E-state index contributed by atoms with van der Waals surface area (Å²) in [6.45, 7) is 1.63. The normalized spacial score (nSPS) is 11.5. The highest BCUT2D eigenvalue weighted by molar-refractivity contribution is 8.00. The van der Waals surface area contributed by atoms with E-state index in [1.54, 1.807) is 18.2 Å². The van der Waals surface area contributed by atoms with Gasteiger partial charge < -0.3 is 15.5 Å². The van der Waals surface area contributed by atoms with Crippen molar-refractivity contribution in [3.63, 3.8) is 0 Å². The average molecular weight is 448 g/mol. The van der Waals surface area contributed by atoms with E-state index in [1.165, 1.54) is 12.1 Å². The standard InChI is InChI=1S/C22H24F3N5S/c1-30(2)13-7-12-26-21-28-19(16-8-4-3-5-9-16)15-20(29-21)27-17-10-6-11-18(14-17)31-22(23,24)25/h3-6,8-11,14-15H,7,12-13H2,1-2H3,(H2,26,27,28,29).